The van der Waals surface area contributed by atoms with Crippen molar-refractivity contribution in [2.24, 2.45) is 62.4 Å². The third kappa shape index (κ3) is 4.05. The van der Waals surface area contributed by atoms with Crippen molar-refractivity contribution in [2.45, 2.75) is 106 Å². The highest BCUT2D eigenvalue weighted by molar-refractivity contribution is 5.73. The summed E-state index contributed by atoms with van der Waals surface area (Å²) < 4.78 is 15.4. The average molecular weight is 598 g/mol. The van der Waals surface area contributed by atoms with Crippen LogP contribution >= 0.6 is 0 Å². The maximum absolute atomic E-state index is 13.4. The van der Waals surface area contributed by atoms with Crippen LogP contribution in [0, 0.1) is 63.6 Å². The van der Waals surface area contributed by atoms with Crippen molar-refractivity contribution < 1.29 is 19.4 Å². The highest BCUT2D eigenvalue weighted by Crippen LogP contribution is 2.75. The Kier molecular flexibility index (Phi) is 7.49. The van der Waals surface area contributed by atoms with E-state index in [-0.39, 0.29) is 45.1 Å². The summed E-state index contributed by atoms with van der Waals surface area (Å²) in [5.74, 6) is 1.17. The number of hydrogen-bond acceptors (Lipinski definition) is 7. The predicted octanol–water partition coefficient (Wildman–Crippen LogP) is 5.46. The molecule has 5 aliphatic rings. The zero-order valence-electron chi connectivity index (χ0n) is 27.7. The molecular formula is C34H55N5O4. The van der Waals surface area contributed by atoms with Gasteiger partial charge in [0.2, 0.25) is 0 Å². The largest absolute Gasteiger partial charge is 0.481 e. The van der Waals surface area contributed by atoms with Gasteiger partial charge in [-0.15, -0.1) is 5.10 Å². The Hall–Kier alpha value is -1.84. The summed E-state index contributed by atoms with van der Waals surface area (Å²) in [5, 5.41) is 23.8. The van der Waals surface area contributed by atoms with E-state index in [1.807, 2.05) is 11.6 Å². The van der Waals surface area contributed by atoms with Crippen molar-refractivity contribution in [3.63, 3.8) is 0 Å². The molecule has 1 aromatic heterocycles. The van der Waals surface area contributed by atoms with Crippen molar-refractivity contribution in [2.75, 3.05) is 26.4 Å². The van der Waals surface area contributed by atoms with Gasteiger partial charge in [-0.1, -0.05) is 60.1 Å². The summed E-state index contributed by atoms with van der Waals surface area (Å²) in [4.78, 5) is 13.4. The molecule has 2 bridgehead atoms. The van der Waals surface area contributed by atoms with Gasteiger partial charge in [-0.2, -0.15) is 0 Å². The van der Waals surface area contributed by atoms with Gasteiger partial charge in [0, 0.05) is 12.0 Å². The summed E-state index contributed by atoms with van der Waals surface area (Å²) in [7, 11) is 0. The quantitative estimate of drug-likeness (QED) is 0.397. The number of fused-ring (bicyclic) bond motifs is 3. The molecular weight excluding hydrogens is 542 g/mol. The Labute approximate surface area is 257 Å². The minimum Gasteiger partial charge on any atom is -0.481 e. The lowest BCUT2D eigenvalue weighted by Crippen LogP contribution is -2.70. The molecule has 1 saturated heterocycles. The highest BCUT2D eigenvalue weighted by Gasteiger charge is 2.72. The van der Waals surface area contributed by atoms with Gasteiger partial charge in [0.25, 0.3) is 0 Å². The Balaban J connectivity index is 1.51. The summed E-state index contributed by atoms with van der Waals surface area (Å²) >= 11 is 0. The molecule has 9 heteroatoms. The Morgan fingerprint density at radius 3 is 2.53 bits per heavy atom. The molecule has 1 aliphatic heterocycles. The second-order valence-electron chi connectivity index (χ2n) is 16.4. The molecule has 4 fully saturated rings. The maximum Gasteiger partial charge on any atom is 0.307 e. The number of rotatable bonds is 7. The first-order valence-electron chi connectivity index (χ1n) is 16.8. The molecule has 0 amide bonds. The van der Waals surface area contributed by atoms with Crippen LogP contribution in [0.25, 0.3) is 0 Å². The van der Waals surface area contributed by atoms with Crippen LogP contribution in [0.2, 0.25) is 0 Å². The van der Waals surface area contributed by atoms with Crippen molar-refractivity contribution in [1.29, 1.82) is 0 Å². The van der Waals surface area contributed by atoms with Gasteiger partial charge in [-0.25, -0.2) is 4.68 Å². The van der Waals surface area contributed by atoms with E-state index in [4.69, 9.17) is 15.2 Å². The number of carbonyl (C=O) groups is 1. The van der Waals surface area contributed by atoms with Crippen LogP contribution in [0.3, 0.4) is 0 Å². The Bertz CT molecular complexity index is 1280. The fraction of sp³-hybridized carbons (Fsp3) is 0.882. The summed E-state index contributed by atoms with van der Waals surface area (Å²) in [6.07, 6.45) is 8.09. The van der Waals surface area contributed by atoms with E-state index in [0.29, 0.717) is 37.5 Å². The zero-order valence-corrected chi connectivity index (χ0v) is 27.7. The van der Waals surface area contributed by atoms with E-state index in [1.165, 1.54) is 5.57 Å². The summed E-state index contributed by atoms with van der Waals surface area (Å²) in [6.45, 7) is 20.4. The third-order valence-electron chi connectivity index (χ3n) is 14.4. The van der Waals surface area contributed by atoms with Gasteiger partial charge in [0.05, 0.1) is 37.9 Å². The molecule has 0 aromatic carbocycles. The molecule has 0 unspecified atom stereocenters. The topological polar surface area (TPSA) is 125 Å². The van der Waals surface area contributed by atoms with E-state index in [2.05, 4.69) is 70.1 Å². The lowest BCUT2D eigenvalue weighted by atomic mass is 9.34. The van der Waals surface area contributed by atoms with Gasteiger partial charge in [-0.3, -0.25) is 4.79 Å². The minimum absolute atomic E-state index is 0.0271. The molecule has 0 radical (unpaired) electrons. The van der Waals surface area contributed by atoms with Gasteiger partial charge in [0.1, 0.15) is 5.82 Å². The molecule has 11 atom stereocenters. The number of nitrogens with two attached hydrogens (primary N) is 1. The monoisotopic (exact) mass is 597 g/mol. The van der Waals surface area contributed by atoms with E-state index < -0.39 is 11.9 Å². The minimum atomic E-state index is -0.628. The second-order valence-corrected chi connectivity index (χ2v) is 16.4. The SMILES string of the molecule is Cc1nnnn1[C@@H]1C[C@]2(C)COC[C@@]3(C4=CC[C@@]5(C)[C@H](C(=O)O)[C@@](C)([C@H](C)C(C)C)CC[C@]5(C)[C@H]4CC[C@H]23)[C@H]1OCCN. The van der Waals surface area contributed by atoms with Crippen LogP contribution in [0.15, 0.2) is 11.6 Å². The number of carboxylic acids is 1. The molecule has 3 saturated carbocycles. The van der Waals surface area contributed by atoms with Crippen molar-refractivity contribution in [3.05, 3.63) is 17.5 Å². The number of aromatic nitrogens is 4. The molecule has 240 valence electrons. The molecule has 2 heterocycles. The average Bonchev–Trinajstić information content (AvgIpc) is 3.37. The number of allylic oxidation sites excluding steroid dienone is 1. The van der Waals surface area contributed by atoms with Gasteiger partial charge < -0.3 is 20.3 Å². The molecule has 3 N–H and O–H groups in total. The molecule has 6 rings (SSSR count). The highest BCUT2D eigenvalue weighted by atomic mass is 16.5. The van der Waals surface area contributed by atoms with Crippen molar-refractivity contribution in [1.82, 2.24) is 20.2 Å². The van der Waals surface area contributed by atoms with Crippen LogP contribution in [-0.4, -0.2) is 63.8 Å². The van der Waals surface area contributed by atoms with Crippen LogP contribution in [-0.2, 0) is 14.3 Å². The van der Waals surface area contributed by atoms with Gasteiger partial charge in [0.15, 0.2) is 0 Å². The number of hydrogen-bond donors (Lipinski definition) is 2. The lowest BCUT2D eigenvalue weighted by Gasteiger charge is -2.71. The fourth-order valence-corrected chi connectivity index (χ4v) is 11.8. The molecule has 4 aliphatic carbocycles. The number of carboxylic acid groups (broad SMARTS) is 1. The fourth-order valence-electron chi connectivity index (χ4n) is 11.8. The zero-order chi connectivity index (χ0) is 31.2. The Morgan fingerprint density at radius 1 is 1.16 bits per heavy atom. The van der Waals surface area contributed by atoms with Crippen LogP contribution in [0.4, 0.5) is 0 Å². The number of ether oxygens (including phenoxy) is 2. The number of nitrogens with zero attached hydrogens (tertiary/aromatic N) is 4. The standard InChI is InChI=1S/C34H55N5O4/c1-20(2)21(3)31(6)13-14-32(7)23-9-10-26-30(5)17-25(39-22(4)36-37-38-39)28(43-16-15-35)34(26,19-42-18-30)24(23)11-12-33(32,8)27(31)29(40)41/h11,20-21,23,25-28H,9-10,12-19,35H2,1-8H3,(H,40,41)/t21-,23+,25-,26-,27-,28+,30-,31-,32-,33+,34+/m1/s1. The lowest BCUT2D eigenvalue weighted by molar-refractivity contribution is -0.251. The molecule has 43 heavy (non-hydrogen) atoms. The number of aliphatic carboxylic acids is 1. The summed E-state index contributed by atoms with van der Waals surface area (Å²) in [5.41, 5.74) is 6.36. The van der Waals surface area contributed by atoms with E-state index >= 15 is 0 Å². The van der Waals surface area contributed by atoms with Crippen molar-refractivity contribution in [3.8, 4) is 0 Å². The molecule has 0 spiro atoms. The summed E-state index contributed by atoms with van der Waals surface area (Å²) in [6, 6.07) is -0.0271. The predicted molar refractivity (Wildman–Crippen MR) is 164 cm³/mol. The number of tetrazole rings is 1. The Morgan fingerprint density at radius 2 is 1.91 bits per heavy atom. The van der Waals surface area contributed by atoms with Crippen LogP contribution in [0.5, 0.6) is 0 Å². The van der Waals surface area contributed by atoms with E-state index in [9.17, 15) is 9.90 Å². The number of aryl methyl sites for hydroxylation is 1. The first-order valence-corrected chi connectivity index (χ1v) is 16.8. The van der Waals surface area contributed by atoms with Crippen molar-refractivity contribution >= 4 is 5.97 Å². The third-order valence-corrected chi connectivity index (χ3v) is 14.4. The van der Waals surface area contributed by atoms with Gasteiger partial charge in [-0.05, 0) is 101 Å². The van der Waals surface area contributed by atoms with E-state index in [0.717, 1.165) is 51.0 Å². The van der Waals surface area contributed by atoms with E-state index in [1.54, 1.807) is 0 Å². The normalized spacial score (nSPS) is 46.4. The van der Waals surface area contributed by atoms with Crippen LogP contribution < -0.4 is 5.73 Å². The van der Waals surface area contributed by atoms with Gasteiger partial charge >= 0.3 is 5.97 Å². The first-order chi connectivity index (χ1) is 20.2. The molecule has 1 aromatic rings. The van der Waals surface area contributed by atoms with Crippen LogP contribution in [0.1, 0.15) is 98.9 Å². The second kappa shape index (κ2) is 10.3. The first kappa shape index (κ1) is 31.2. The maximum atomic E-state index is 13.4. The smallest absolute Gasteiger partial charge is 0.307 e. The molecule has 9 nitrogen and oxygen atoms in total.